The molecule has 0 radical (unpaired) electrons. The van der Waals surface area contributed by atoms with Crippen molar-refractivity contribution in [3.8, 4) is 11.6 Å². The lowest BCUT2D eigenvalue weighted by atomic mass is 10.1. The summed E-state index contributed by atoms with van der Waals surface area (Å²) in [5.41, 5.74) is 7.83. The highest BCUT2D eigenvalue weighted by atomic mass is 16.5. The number of aliphatic hydroxyl groups excluding tert-OH is 1. The first-order chi connectivity index (χ1) is 9.20. The van der Waals surface area contributed by atoms with E-state index in [0.29, 0.717) is 18.1 Å². The Morgan fingerprint density at radius 2 is 2.00 bits per heavy atom. The van der Waals surface area contributed by atoms with Gasteiger partial charge in [-0.25, -0.2) is 4.98 Å². The molecule has 19 heavy (non-hydrogen) atoms. The highest BCUT2D eigenvalue weighted by Crippen LogP contribution is 2.26. The topological polar surface area (TPSA) is 68.4 Å². The molecule has 3 N–H and O–H groups in total. The highest BCUT2D eigenvalue weighted by molar-refractivity contribution is 5.35. The van der Waals surface area contributed by atoms with Gasteiger partial charge in [-0.1, -0.05) is 18.2 Å². The molecule has 0 aliphatic heterocycles. The third-order valence-corrected chi connectivity index (χ3v) is 2.83. The molecule has 1 aromatic heterocycles. The van der Waals surface area contributed by atoms with Gasteiger partial charge in [0.15, 0.2) is 0 Å². The molecule has 0 aliphatic carbocycles. The summed E-state index contributed by atoms with van der Waals surface area (Å²) in [7, 11) is 0. The maximum absolute atomic E-state index is 8.87. The van der Waals surface area contributed by atoms with Crippen molar-refractivity contribution >= 4 is 0 Å². The number of rotatable bonds is 5. The van der Waals surface area contributed by atoms with Gasteiger partial charge in [-0.2, -0.15) is 0 Å². The second kappa shape index (κ2) is 6.31. The maximum Gasteiger partial charge on any atom is 0.223 e. The predicted molar refractivity (Wildman–Crippen MR) is 74.1 cm³/mol. The second-order valence-corrected chi connectivity index (χ2v) is 4.41. The van der Waals surface area contributed by atoms with Gasteiger partial charge >= 0.3 is 0 Å². The molecule has 1 heterocycles. The molecule has 0 saturated heterocycles. The molecule has 0 fully saturated rings. The van der Waals surface area contributed by atoms with Crippen molar-refractivity contribution in [2.24, 2.45) is 5.73 Å². The molecular weight excluding hydrogens is 240 g/mol. The fraction of sp³-hybridized carbons (Fsp3) is 0.267. The summed E-state index contributed by atoms with van der Waals surface area (Å²) < 4.78 is 5.75. The standard InChI is InChI=1S/C15H18N2O2/c1-11(16)14-3-2-9-17-15(14)19-13-6-4-12(5-7-13)8-10-18/h2-7,9,11,18H,8,10,16H2,1H3/t11-/m1/s1. The predicted octanol–water partition coefficient (Wildman–Crippen LogP) is 2.43. The molecule has 0 spiro atoms. The van der Waals surface area contributed by atoms with E-state index in [1.807, 2.05) is 43.3 Å². The highest BCUT2D eigenvalue weighted by Gasteiger charge is 2.09. The van der Waals surface area contributed by atoms with Crippen molar-refractivity contribution in [1.82, 2.24) is 4.98 Å². The number of hydrogen-bond donors (Lipinski definition) is 2. The van der Waals surface area contributed by atoms with Gasteiger partial charge in [0.05, 0.1) is 0 Å². The molecule has 0 aliphatic rings. The maximum atomic E-state index is 8.87. The summed E-state index contributed by atoms with van der Waals surface area (Å²) in [6.45, 7) is 2.05. The molecule has 0 saturated carbocycles. The summed E-state index contributed by atoms with van der Waals surface area (Å²) in [6, 6.07) is 11.2. The van der Waals surface area contributed by atoms with Crippen LogP contribution in [-0.4, -0.2) is 16.7 Å². The average Bonchev–Trinajstić information content (AvgIpc) is 2.42. The lowest BCUT2D eigenvalue weighted by Crippen LogP contribution is -2.07. The summed E-state index contributed by atoms with van der Waals surface area (Å²) >= 11 is 0. The lowest BCUT2D eigenvalue weighted by Gasteiger charge is -2.12. The summed E-state index contributed by atoms with van der Waals surface area (Å²) in [6.07, 6.45) is 2.33. The van der Waals surface area contributed by atoms with Crippen LogP contribution in [0.2, 0.25) is 0 Å². The number of aliphatic hydroxyl groups is 1. The second-order valence-electron chi connectivity index (χ2n) is 4.41. The van der Waals surface area contributed by atoms with Crippen LogP contribution in [0.5, 0.6) is 11.6 Å². The number of ether oxygens (including phenoxy) is 1. The Bertz CT molecular complexity index is 524. The van der Waals surface area contributed by atoms with Gasteiger partial charge < -0.3 is 15.6 Å². The van der Waals surface area contributed by atoms with Gasteiger partial charge in [0.1, 0.15) is 5.75 Å². The van der Waals surface area contributed by atoms with Crippen molar-refractivity contribution in [2.75, 3.05) is 6.61 Å². The van der Waals surface area contributed by atoms with E-state index in [4.69, 9.17) is 15.6 Å². The van der Waals surface area contributed by atoms with Gasteiger partial charge in [0.25, 0.3) is 0 Å². The van der Waals surface area contributed by atoms with E-state index in [-0.39, 0.29) is 12.6 Å². The molecular formula is C15H18N2O2. The Morgan fingerprint density at radius 1 is 1.26 bits per heavy atom. The molecule has 1 aromatic carbocycles. The number of nitrogens with two attached hydrogens (primary N) is 1. The Labute approximate surface area is 112 Å². The first kappa shape index (κ1) is 13.5. The molecule has 100 valence electrons. The molecule has 2 rings (SSSR count). The van der Waals surface area contributed by atoms with Crippen LogP contribution in [0.1, 0.15) is 24.1 Å². The summed E-state index contributed by atoms with van der Waals surface area (Å²) in [4.78, 5) is 4.21. The SMILES string of the molecule is C[C@@H](N)c1cccnc1Oc1ccc(CCO)cc1. The van der Waals surface area contributed by atoms with Crippen LogP contribution >= 0.6 is 0 Å². The Hall–Kier alpha value is -1.91. The number of nitrogens with zero attached hydrogens (tertiary/aromatic N) is 1. The first-order valence-corrected chi connectivity index (χ1v) is 6.29. The van der Waals surface area contributed by atoms with Crippen LogP contribution in [0.15, 0.2) is 42.6 Å². The smallest absolute Gasteiger partial charge is 0.223 e. The van der Waals surface area contributed by atoms with E-state index in [9.17, 15) is 0 Å². The van der Waals surface area contributed by atoms with Crippen molar-refractivity contribution in [1.29, 1.82) is 0 Å². The molecule has 1 atom stereocenters. The van der Waals surface area contributed by atoms with Gasteiger partial charge in [-0.05, 0) is 37.1 Å². The Morgan fingerprint density at radius 3 is 2.63 bits per heavy atom. The van der Waals surface area contributed by atoms with Gasteiger partial charge in [0, 0.05) is 24.4 Å². The van der Waals surface area contributed by atoms with E-state index in [2.05, 4.69) is 4.98 Å². The van der Waals surface area contributed by atoms with Crippen molar-refractivity contribution < 1.29 is 9.84 Å². The quantitative estimate of drug-likeness (QED) is 0.864. The van der Waals surface area contributed by atoms with Gasteiger partial charge in [-0.3, -0.25) is 0 Å². The van der Waals surface area contributed by atoms with Gasteiger partial charge in [-0.15, -0.1) is 0 Å². The zero-order valence-electron chi connectivity index (χ0n) is 10.9. The Balaban J connectivity index is 2.17. The number of aromatic nitrogens is 1. The molecule has 4 nitrogen and oxygen atoms in total. The van der Waals surface area contributed by atoms with E-state index in [1.54, 1.807) is 6.20 Å². The number of pyridine rings is 1. The van der Waals surface area contributed by atoms with Crippen LogP contribution in [0, 0.1) is 0 Å². The average molecular weight is 258 g/mol. The molecule has 0 amide bonds. The first-order valence-electron chi connectivity index (χ1n) is 6.29. The molecule has 0 bridgehead atoms. The van der Waals surface area contributed by atoms with E-state index >= 15 is 0 Å². The van der Waals surface area contributed by atoms with Crippen molar-refractivity contribution in [2.45, 2.75) is 19.4 Å². The zero-order valence-corrected chi connectivity index (χ0v) is 10.9. The fourth-order valence-electron chi connectivity index (χ4n) is 1.80. The number of hydrogen-bond acceptors (Lipinski definition) is 4. The molecule has 2 aromatic rings. The summed E-state index contributed by atoms with van der Waals surface area (Å²) in [5.74, 6) is 1.25. The number of benzene rings is 1. The normalized spacial score (nSPS) is 12.2. The van der Waals surface area contributed by atoms with Crippen LogP contribution in [0.4, 0.5) is 0 Å². The minimum atomic E-state index is -0.127. The van der Waals surface area contributed by atoms with E-state index in [0.717, 1.165) is 11.1 Å². The minimum absolute atomic E-state index is 0.127. The third-order valence-electron chi connectivity index (χ3n) is 2.83. The molecule has 4 heteroatoms. The van der Waals surface area contributed by atoms with Crippen molar-refractivity contribution in [3.05, 3.63) is 53.7 Å². The van der Waals surface area contributed by atoms with Crippen molar-refractivity contribution in [3.63, 3.8) is 0 Å². The minimum Gasteiger partial charge on any atom is -0.439 e. The summed E-state index contributed by atoms with van der Waals surface area (Å²) in [5, 5.41) is 8.87. The third kappa shape index (κ3) is 3.53. The van der Waals surface area contributed by atoms with Crippen LogP contribution in [-0.2, 0) is 6.42 Å². The van der Waals surface area contributed by atoms with Crippen LogP contribution in [0.3, 0.4) is 0 Å². The largest absolute Gasteiger partial charge is 0.439 e. The Kier molecular flexibility index (Phi) is 4.49. The van der Waals surface area contributed by atoms with Crippen LogP contribution < -0.4 is 10.5 Å². The van der Waals surface area contributed by atoms with Gasteiger partial charge in [0.2, 0.25) is 5.88 Å². The monoisotopic (exact) mass is 258 g/mol. The lowest BCUT2D eigenvalue weighted by molar-refractivity contribution is 0.299. The van der Waals surface area contributed by atoms with E-state index in [1.165, 1.54) is 0 Å². The zero-order chi connectivity index (χ0) is 13.7. The van der Waals surface area contributed by atoms with Crippen LogP contribution in [0.25, 0.3) is 0 Å². The van der Waals surface area contributed by atoms with E-state index < -0.39 is 0 Å². The molecule has 0 unspecified atom stereocenters. The fourth-order valence-corrected chi connectivity index (χ4v) is 1.80.